The molecule has 31 heavy (non-hydrogen) atoms. The van der Waals surface area contributed by atoms with Gasteiger partial charge in [0.05, 0.1) is 18.3 Å². The Bertz CT molecular complexity index is 735. The molecule has 5 heteroatoms. The minimum absolute atomic E-state index is 0.370. The minimum atomic E-state index is -0.727. The first kappa shape index (κ1) is 25.2. The van der Waals surface area contributed by atoms with Gasteiger partial charge in [0.2, 0.25) is 0 Å². The molecule has 1 heterocycles. The van der Waals surface area contributed by atoms with Crippen LogP contribution in [0.5, 0.6) is 5.75 Å². The predicted molar refractivity (Wildman–Crippen MR) is 124 cm³/mol. The van der Waals surface area contributed by atoms with Crippen molar-refractivity contribution in [3.05, 3.63) is 42.0 Å². The van der Waals surface area contributed by atoms with Crippen LogP contribution < -0.4 is 4.74 Å². The molecule has 1 aromatic heterocycles. The van der Waals surface area contributed by atoms with Gasteiger partial charge in [-0.05, 0) is 50.3 Å². The largest absolute Gasteiger partial charge is 0.493 e. The smallest absolute Gasteiger partial charge is 0.162 e. The second kappa shape index (κ2) is 14.9. The van der Waals surface area contributed by atoms with Gasteiger partial charge in [0, 0.05) is 18.5 Å². The molecule has 0 bridgehead atoms. The topological polar surface area (TPSA) is 35.0 Å². The molecule has 1 atom stereocenters. The molecular formula is C26H38F2N2O. The Morgan fingerprint density at radius 3 is 2.26 bits per heavy atom. The van der Waals surface area contributed by atoms with Gasteiger partial charge in [-0.25, -0.2) is 18.7 Å². The Morgan fingerprint density at radius 1 is 0.903 bits per heavy atom. The quantitative estimate of drug-likeness (QED) is 0.253. The van der Waals surface area contributed by atoms with Gasteiger partial charge < -0.3 is 4.74 Å². The number of aryl methyl sites for hydroxylation is 1. The molecule has 1 aromatic carbocycles. The van der Waals surface area contributed by atoms with Crippen LogP contribution in [0, 0.1) is 5.82 Å². The zero-order valence-electron chi connectivity index (χ0n) is 19.2. The highest BCUT2D eigenvalue weighted by Gasteiger charge is 2.10. The van der Waals surface area contributed by atoms with Gasteiger partial charge in [-0.1, -0.05) is 58.3 Å². The fraction of sp³-hybridized carbons (Fsp3) is 0.615. The third-order valence-corrected chi connectivity index (χ3v) is 5.47. The van der Waals surface area contributed by atoms with Crippen LogP contribution in [0.15, 0.2) is 30.6 Å². The Balaban J connectivity index is 1.74. The number of hydrogen-bond donors (Lipinski definition) is 0. The number of benzene rings is 1. The van der Waals surface area contributed by atoms with Crippen LogP contribution in [0.25, 0.3) is 11.4 Å². The zero-order valence-corrected chi connectivity index (χ0v) is 19.2. The molecule has 3 nitrogen and oxygen atoms in total. The summed E-state index contributed by atoms with van der Waals surface area (Å²) in [6.07, 6.45) is 15.7. The van der Waals surface area contributed by atoms with Gasteiger partial charge in [0.1, 0.15) is 11.6 Å². The van der Waals surface area contributed by atoms with E-state index in [2.05, 4.69) is 16.9 Å². The Kier molecular flexibility index (Phi) is 12.1. The second-order valence-electron chi connectivity index (χ2n) is 8.41. The molecule has 0 saturated heterocycles. The average Bonchev–Trinajstić information content (AvgIpc) is 2.76. The summed E-state index contributed by atoms with van der Waals surface area (Å²) >= 11 is 0. The van der Waals surface area contributed by atoms with Gasteiger partial charge in [-0.2, -0.15) is 0 Å². The van der Waals surface area contributed by atoms with Crippen molar-refractivity contribution in [2.45, 2.75) is 97.1 Å². The average molecular weight is 433 g/mol. The van der Waals surface area contributed by atoms with Gasteiger partial charge in [-0.3, -0.25) is 0 Å². The molecule has 2 rings (SSSR count). The molecule has 0 spiro atoms. The van der Waals surface area contributed by atoms with Crippen molar-refractivity contribution in [2.75, 3.05) is 6.61 Å². The molecular weight excluding hydrogens is 394 g/mol. The molecule has 0 aliphatic rings. The fourth-order valence-corrected chi connectivity index (χ4v) is 3.57. The lowest BCUT2D eigenvalue weighted by molar-refractivity contribution is 0.303. The third kappa shape index (κ3) is 10.2. The van der Waals surface area contributed by atoms with E-state index in [1.165, 1.54) is 38.2 Å². The third-order valence-electron chi connectivity index (χ3n) is 5.47. The molecule has 172 valence electrons. The first-order valence-electron chi connectivity index (χ1n) is 12.0. The summed E-state index contributed by atoms with van der Waals surface area (Å²) in [6.45, 7) is 4.43. The summed E-state index contributed by atoms with van der Waals surface area (Å²) in [4.78, 5) is 8.66. The van der Waals surface area contributed by atoms with Crippen molar-refractivity contribution < 1.29 is 13.5 Å². The monoisotopic (exact) mass is 432 g/mol. The van der Waals surface area contributed by atoms with E-state index >= 15 is 0 Å². The molecule has 0 aliphatic carbocycles. The maximum atomic E-state index is 14.5. The van der Waals surface area contributed by atoms with E-state index < -0.39 is 6.17 Å². The van der Waals surface area contributed by atoms with Crippen molar-refractivity contribution in [3.63, 3.8) is 0 Å². The maximum absolute atomic E-state index is 14.5. The molecule has 0 aliphatic heterocycles. The summed E-state index contributed by atoms with van der Waals surface area (Å²) in [5.74, 6) is 0.558. The standard InChI is InChI=1S/C26H38F2N2O/c1-3-4-5-6-7-8-12-17-31-23-15-16-24(25(28)18-23)26-29-19-22(20-30-26)14-11-9-10-13-21(2)27/h15-16,18-21H,3-14,17H2,1-2H3. The lowest BCUT2D eigenvalue weighted by Gasteiger charge is -2.09. The molecule has 0 radical (unpaired) electrons. The van der Waals surface area contributed by atoms with E-state index in [1.54, 1.807) is 31.5 Å². The summed E-state index contributed by atoms with van der Waals surface area (Å²) in [5, 5.41) is 0. The summed E-state index contributed by atoms with van der Waals surface area (Å²) in [6, 6.07) is 4.88. The summed E-state index contributed by atoms with van der Waals surface area (Å²) in [7, 11) is 0. The van der Waals surface area contributed by atoms with E-state index in [0.29, 0.717) is 30.2 Å². The van der Waals surface area contributed by atoms with E-state index in [-0.39, 0.29) is 5.82 Å². The molecule has 0 saturated carbocycles. The van der Waals surface area contributed by atoms with Crippen LogP contribution in [-0.4, -0.2) is 22.7 Å². The predicted octanol–water partition coefficient (Wildman–Crippen LogP) is 7.87. The van der Waals surface area contributed by atoms with E-state index in [9.17, 15) is 8.78 Å². The van der Waals surface area contributed by atoms with E-state index in [1.807, 2.05) is 0 Å². The molecule has 1 unspecified atom stereocenters. The molecule has 0 fully saturated rings. The van der Waals surface area contributed by atoms with Crippen LogP contribution in [0.3, 0.4) is 0 Å². The van der Waals surface area contributed by atoms with Crippen LogP contribution in [0.4, 0.5) is 8.78 Å². The van der Waals surface area contributed by atoms with Gasteiger partial charge in [0.15, 0.2) is 5.82 Å². The van der Waals surface area contributed by atoms with E-state index in [4.69, 9.17) is 4.74 Å². The highest BCUT2D eigenvalue weighted by atomic mass is 19.1. The van der Waals surface area contributed by atoms with Crippen LogP contribution in [0.1, 0.15) is 90.0 Å². The van der Waals surface area contributed by atoms with E-state index in [0.717, 1.165) is 44.1 Å². The highest BCUT2D eigenvalue weighted by Crippen LogP contribution is 2.24. The van der Waals surface area contributed by atoms with Gasteiger partial charge in [0.25, 0.3) is 0 Å². The second-order valence-corrected chi connectivity index (χ2v) is 8.41. The number of halogens is 2. The number of nitrogens with zero attached hydrogens (tertiary/aromatic N) is 2. The first-order chi connectivity index (χ1) is 15.1. The van der Waals surface area contributed by atoms with Crippen molar-refractivity contribution >= 4 is 0 Å². The summed E-state index contributed by atoms with van der Waals surface area (Å²) in [5.41, 5.74) is 1.40. The number of alkyl halides is 1. The molecule has 0 N–H and O–H groups in total. The maximum Gasteiger partial charge on any atom is 0.162 e. The first-order valence-corrected chi connectivity index (χ1v) is 12.0. The Morgan fingerprint density at radius 2 is 1.58 bits per heavy atom. The van der Waals surface area contributed by atoms with Crippen molar-refractivity contribution in [1.29, 1.82) is 0 Å². The van der Waals surface area contributed by atoms with Gasteiger partial charge >= 0.3 is 0 Å². The number of rotatable bonds is 16. The Hall–Kier alpha value is -2.04. The normalized spacial score (nSPS) is 12.1. The summed E-state index contributed by atoms with van der Waals surface area (Å²) < 4.78 is 33.0. The number of aromatic nitrogens is 2. The highest BCUT2D eigenvalue weighted by molar-refractivity contribution is 5.57. The number of hydrogen-bond acceptors (Lipinski definition) is 3. The van der Waals surface area contributed by atoms with Gasteiger partial charge in [-0.15, -0.1) is 0 Å². The zero-order chi connectivity index (χ0) is 22.3. The molecule has 2 aromatic rings. The number of unbranched alkanes of at least 4 members (excludes halogenated alkanes) is 8. The lowest BCUT2D eigenvalue weighted by Crippen LogP contribution is -1.99. The lowest BCUT2D eigenvalue weighted by atomic mass is 10.1. The fourth-order valence-electron chi connectivity index (χ4n) is 3.57. The Labute approximate surface area is 186 Å². The van der Waals surface area contributed by atoms with Crippen molar-refractivity contribution in [2.24, 2.45) is 0 Å². The minimum Gasteiger partial charge on any atom is -0.493 e. The van der Waals surface area contributed by atoms with Crippen LogP contribution in [-0.2, 0) is 6.42 Å². The SMILES string of the molecule is CCCCCCCCCOc1ccc(-c2ncc(CCCCCC(C)F)cn2)c(F)c1. The van der Waals surface area contributed by atoms with Crippen LogP contribution >= 0.6 is 0 Å². The molecule has 0 amide bonds. The van der Waals surface area contributed by atoms with Crippen LogP contribution in [0.2, 0.25) is 0 Å². The van der Waals surface area contributed by atoms with Crippen molar-refractivity contribution in [3.8, 4) is 17.1 Å². The number of ether oxygens (including phenoxy) is 1. The van der Waals surface area contributed by atoms with Crippen molar-refractivity contribution in [1.82, 2.24) is 9.97 Å².